The molecule has 2 atom stereocenters. The number of aliphatic hydroxyl groups is 1. The molecule has 1 aromatic rings. The highest BCUT2D eigenvalue weighted by Gasteiger charge is 2.61. The first-order chi connectivity index (χ1) is 15.4. The summed E-state index contributed by atoms with van der Waals surface area (Å²) in [6, 6.07) is -0.623. The molecule has 1 spiro atoms. The molecule has 2 saturated heterocycles. The van der Waals surface area contributed by atoms with E-state index < -0.39 is 67.1 Å². The van der Waals surface area contributed by atoms with Crippen LogP contribution in [0.15, 0.2) is 4.52 Å². The fourth-order valence-electron chi connectivity index (χ4n) is 5.72. The molecule has 33 heavy (non-hydrogen) atoms. The van der Waals surface area contributed by atoms with Crippen LogP contribution in [0.3, 0.4) is 0 Å². The zero-order valence-electron chi connectivity index (χ0n) is 18.0. The predicted octanol–water partition coefficient (Wildman–Crippen LogP) is 2.90. The lowest BCUT2D eigenvalue weighted by molar-refractivity contribution is -0.206. The van der Waals surface area contributed by atoms with Gasteiger partial charge in [-0.2, -0.15) is 18.2 Å². The maximum Gasteiger partial charge on any atom is 0.401 e. The fourth-order valence-corrected chi connectivity index (χ4v) is 5.72. The average Bonchev–Trinajstić information content (AvgIpc) is 3.19. The van der Waals surface area contributed by atoms with Gasteiger partial charge >= 0.3 is 6.18 Å². The van der Waals surface area contributed by atoms with Gasteiger partial charge in [-0.15, -0.1) is 0 Å². The van der Waals surface area contributed by atoms with Crippen molar-refractivity contribution in [3.8, 4) is 0 Å². The van der Waals surface area contributed by atoms with Gasteiger partial charge in [-0.25, -0.2) is 8.78 Å². The molecule has 2 aliphatic carbocycles. The maximum atomic E-state index is 14.2. The highest BCUT2D eigenvalue weighted by atomic mass is 19.4. The van der Waals surface area contributed by atoms with Crippen LogP contribution in [0.5, 0.6) is 0 Å². The van der Waals surface area contributed by atoms with E-state index in [1.165, 1.54) is 4.90 Å². The van der Waals surface area contributed by atoms with Gasteiger partial charge in [-0.3, -0.25) is 4.79 Å². The van der Waals surface area contributed by atoms with E-state index in [1.54, 1.807) is 0 Å². The molecular weight excluding hydrogens is 451 g/mol. The van der Waals surface area contributed by atoms with Crippen LogP contribution in [0.1, 0.15) is 69.0 Å². The molecule has 2 aliphatic heterocycles. The van der Waals surface area contributed by atoms with Crippen LogP contribution in [0.25, 0.3) is 0 Å². The predicted molar refractivity (Wildman–Crippen MR) is 103 cm³/mol. The van der Waals surface area contributed by atoms with Crippen molar-refractivity contribution in [1.29, 1.82) is 0 Å². The van der Waals surface area contributed by atoms with Crippen LogP contribution < -0.4 is 5.32 Å². The largest absolute Gasteiger partial charge is 0.401 e. The van der Waals surface area contributed by atoms with Crippen LogP contribution >= 0.6 is 0 Å². The smallest absolute Gasteiger partial charge is 0.392 e. The van der Waals surface area contributed by atoms with E-state index >= 15 is 0 Å². The number of piperidine rings is 2. The molecule has 1 aromatic heterocycles. The summed E-state index contributed by atoms with van der Waals surface area (Å²) in [4.78, 5) is 18.2. The van der Waals surface area contributed by atoms with E-state index in [0.29, 0.717) is 6.54 Å². The molecule has 2 saturated carbocycles. The Hall–Kier alpha value is -1.82. The monoisotopic (exact) mass is 478 g/mol. The first-order valence-corrected chi connectivity index (χ1v) is 11.4. The summed E-state index contributed by atoms with van der Waals surface area (Å²) in [5.74, 6) is -4.65. The lowest BCUT2D eigenvalue weighted by Crippen LogP contribution is -2.62. The molecule has 0 radical (unpaired) electrons. The normalized spacial score (nSPS) is 31.2. The van der Waals surface area contributed by atoms with Crippen molar-refractivity contribution in [3.63, 3.8) is 0 Å². The van der Waals surface area contributed by atoms with Gasteiger partial charge in [-0.1, -0.05) is 11.6 Å². The molecule has 4 fully saturated rings. The second-order valence-electron chi connectivity index (χ2n) is 10.2. The average molecular weight is 478 g/mol. The summed E-state index contributed by atoms with van der Waals surface area (Å²) >= 11 is 0. The Morgan fingerprint density at radius 1 is 1.15 bits per heavy atom. The Bertz CT molecular complexity index is 900. The third-order valence-electron chi connectivity index (χ3n) is 8.29. The number of rotatable bonds is 3. The molecule has 0 aromatic carbocycles. The maximum absolute atomic E-state index is 14.2. The van der Waals surface area contributed by atoms with E-state index in [-0.39, 0.29) is 36.7 Å². The molecular formula is C21H27F5N4O3. The van der Waals surface area contributed by atoms with Crippen LogP contribution in [0.4, 0.5) is 22.0 Å². The van der Waals surface area contributed by atoms with Gasteiger partial charge in [-0.05, 0) is 32.1 Å². The molecule has 2 N–H and O–H groups in total. The van der Waals surface area contributed by atoms with Crippen LogP contribution in [-0.2, 0) is 10.2 Å². The van der Waals surface area contributed by atoms with E-state index in [2.05, 4.69) is 15.5 Å². The lowest BCUT2D eigenvalue weighted by atomic mass is 9.62. The summed E-state index contributed by atoms with van der Waals surface area (Å²) in [5.41, 5.74) is -2.57. The van der Waals surface area contributed by atoms with E-state index in [4.69, 9.17) is 4.52 Å². The highest BCUT2D eigenvalue weighted by Crippen LogP contribution is 2.51. The summed E-state index contributed by atoms with van der Waals surface area (Å²) in [6.07, 6.45) is -4.10. The van der Waals surface area contributed by atoms with Gasteiger partial charge in [0.1, 0.15) is 5.41 Å². The van der Waals surface area contributed by atoms with Gasteiger partial charge in [0.05, 0.1) is 12.1 Å². The van der Waals surface area contributed by atoms with Crippen molar-refractivity contribution >= 4 is 5.91 Å². The number of likely N-dealkylation sites (tertiary alicyclic amines) is 1. The summed E-state index contributed by atoms with van der Waals surface area (Å²) in [6.45, 7) is 0.225. The molecule has 1 amide bonds. The molecule has 184 valence electrons. The molecule has 3 heterocycles. The zero-order valence-corrected chi connectivity index (χ0v) is 18.0. The molecule has 12 heteroatoms. The van der Waals surface area contributed by atoms with Crippen LogP contribution in [0.2, 0.25) is 0 Å². The highest BCUT2D eigenvalue weighted by molar-refractivity contribution is 5.82. The number of aliphatic hydroxyl groups excluding tert-OH is 1. The van der Waals surface area contributed by atoms with Crippen LogP contribution in [0, 0.1) is 5.41 Å². The van der Waals surface area contributed by atoms with Gasteiger partial charge in [0.25, 0.3) is 0 Å². The number of nitrogens with one attached hydrogen (secondary N) is 1. The van der Waals surface area contributed by atoms with Gasteiger partial charge in [0.15, 0.2) is 5.82 Å². The summed E-state index contributed by atoms with van der Waals surface area (Å²) < 4.78 is 73.8. The SMILES string of the molecule is O=C([C@@H]1C[C@@H](O)C2(CCC2)CN1)N1CCC(c2noc(C3CC(F)(F)C3)n2)(C(F)(F)F)CC1. The number of hydrogen-bond donors (Lipinski definition) is 2. The minimum atomic E-state index is -4.69. The van der Waals surface area contributed by atoms with Gasteiger partial charge < -0.3 is 19.8 Å². The topological polar surface area (TPSA) is 91.5 Å². The Morgan fingerprint density at radius 3 is 2.33 bits per heavy atom. The standard InChI is InChI=1S/C21H27F5N4O3/c22-20(23)9-12(10-20)15-28-17(29-33-15)19(21(24,25)26)4-6-30(7-5-19)16(32)13-8-14(31)18(11-27-13)2-1-3-18/h12-14,27,31H,1-11H2/t13-,14+/m0/s1. The van der Waals surface area contributed by atoms with Crippen molar-refractivity contribution in [2.45, 2.75) is 86.9 Å². The van der Waals surface area contributed by atoms with E-state index in [1.807, 2.05) is 0 Å². The number of aromatic nitrogens is 2. The van der Waals surface area contributed by atoms with Crippen molar-refractivity contribution in [2.75, 3.05) is 19.6 Å². The summed E-state index contributed by atoms with van der Waals surface area (Å²) in [7, 11) is 0. The van der Waals surface area contributed by atoms with Crippen LogP contribution in [-0.4, -0.2) is 69.9 Å². The van der Waals surface area contributed by atoms with Gasteiger partial charge in [0.2, 0.25) is 17.7 Å². The number of carbonyl (C=O) groups is 1. The lowest BCUT2D eigenvalue weighted by Gasteiger charge is -2.51. The molecule has 4 aliphatic rings. The number of halogens is 5. The van der Waals surface area contributed by atoms with Gasteiger partial charge in [0, 0.05) is 43.8 Å². The number of alkyl halides is 5. The first-order valence-electron chi connectivity index (χ1n) is 11.4. The molecule has 7 nitrogen and oxygen atoms in total. The number of carbonyl (C=O) groups excluding carboxylic acids is 1. The van der Waals surface area contributed by atoms with Crippen molar-refractivity contribution in [2.24, 2.45) is 5.41 Å². The Kier molecular flexibility index (Phi) is 5.28. The Balaban J connectivity index is 1.26. The minimum absolute atomic E-state index is 0.150. The van der Waals surface area contributed by atoms with E-state index in [0.717, 1.165) is 19.3 Å². The fraction of sp³-hybridized carbons (Fsp3) is 0.857. The summed E-state index contributed by atoms with van der Waals surface area (Å²) in [5, 5.41) is 17.2. The zero-order chi connectivity index (χ0) is 23.6. The third kappa shape index (κ3) is 3.73. The number of hydrogen-bond acceptors (Lipinski definition) is 6. The third-order valence-corrected chi connectivity index (χ3v) is 8.29. The second kappa shape index (κ2) is 7.59. The second-order valence-corrected chi connectivity index (χ2v) is 10.2. The van der Waals surface area contributed by atoms with Crippen molar-refractivity contribution in [1.82, 2.24) is 20.4 Å². The quantitative estimate of drug-likeness (QED) is 0.650. The Morgan fingerprint density at radius 2 is 1.82 bits per heavy atom. The van der Waals surface area contributed by atoms with Crippen molar-refractivity contribution in [3.05, 3.63) is 11.7 Å². The number of amides is 1. The minimum Gasteiger partial charge on any atom is -0.392 e. The van der Waals surface area contributed by atoms with Crippen molar-refractivity contribution < 1.29 is 36.4 Å². The van der Waals surface area contributed by atoms with E-state index in [9.17, 15) is 31.9 Å². The molecule has 0 unspecified atom stereocenters. The molecule has 0 bridgehead atoms. The Labute approximate surface area is 187 Å². The molecule has 5 rings (SSSR count). The first kappa shape index (κ1) is 22.9. The number of nitrogens with zero attached hydrogens (tertiary/aromatic N) is 3.